The van der Waals surface area contributed by atoms with Crippen LogP contribution in [0.4, 0.5) is 14.5 Å². The van der Waals surface area contributed by atoms with Gasteiger partial charge in [-0.2, -0.15) is 0 Å². The second-order valence-electron chi connectivity index (χ2n) is 9.54. The average Bonchev–Trinajstić information content (AvgIpc) is 2.91. The lowest BCUT2D eigenvalue weighted by Gasteiger charge is -2.34. The van der Waals surface area contributed by atoms with Crippen LogP contribution in [0.3, 0.4) is 0 Å². The van der Waals surface area contributed by atoms with Crippen LogP contribution in [0.2, 0.25) is 5.02 Å². The molecule has 1 N–H and O–H groups in total. The van der Waals surface area contributed by atoms with Crippen LogP contribution in [0.5, 0.6) is 0 Å². The fourth-order valence-electron chi connectivity index (χ4n) is 4.04. The van der Waals surface area contributed by atoms with Crippen molar-refractivity contribution >= 4 is 39.1 Å². The van der Waals surface area contributed by atoms with Gasteiger partial charge < -0.3 is 10.2 Å². The minimum atomic E-state index is -4.03. The third-order valence-electron chi connectivity index (χ3n) is 6.41. The highest BCUT2D eigenvalue weighted by Crippen LogP contribution is 2.25. The van der Waals surface area contributed by atoms with Crippen LogP contribution in [-0.2, 0) is 32.6 Å². The largest absolute Gasteiger partial charge is 0.352 e. The predicted octanol–water partition coefficient (Wildman–Crippen LogP) is 4.94. The van der Waals surface area contributed by atoms with Gasteiger partial charge in [0.05, 0.1) is 17.0 Å². The molecule has 40 heavy (non-hydrogen) atoms. The lowest BCUT2D eigenvalue weighted by Crippen LogP contribution is -2.54. The fraction of sp³-hybridized carbons (Fsp3) is 0.310. The minimum absolute atomic E-state index is 0.00681. The van der Waals surface area contributed by atoms with E-state index in [9.17, 15) is 26.8 Å². The highest BCUT2D eigenvalue weighted by atomic mass is 35.5. The molecule has 0 heterocycles. The molecule has 0 aliphatic carbocycles. The number of benzene rings is 3. The normalized spacial score (nSPS) is 12.8. The number of nitrogens with zero attached hydrogens (tertiary/aromatic N) is 2. The number of sulfonamides is 1. The number of carbonyl (C=O) groups is 2. The molecule has 3 rings (SSSR count). The van der Waals surface area contributed by atoms with Crippen LogP contribution in [0.1, 0.15) is 31.4 Å². The van der Waals surface area contributed by atoms with Crippen LogP contribution < -0.4 is 9.62 Å². The Morgan fingerprint density at radius 3 is 2.20 bits per heavy atom. The van der Waals surface area contributed by atoms with E-state index in [-0.39, 0.29) is 29.7 Å². The first-order valence-electron chi connectivity index (χ1n) is 12.7. The lowest BCUT2D eigenvalue weighted by molar-refractivity contribution is -0.140. The molecule has 11 heteroatoms. The quantitative estimate of drug-likeness (QED) is 0.323. The third-order valence-corrected chi connectivity index (χ3v) is 7.84. The van der Waals surface area contributed by atoms with Gasteiger partial charge in [0.15, 0.2) is 0 Å². The van der Waals surface area contributed by atoms with E-state index in [1.165, 1.54) is 35.2 Å². The van der Waals surface area contributed by atoms with Gasteiger partial charge in [0.25, 0.3) is 0 Å². The molecule has 7 nitrogen and oxygen atoms in total. The van der Waals surface area contributed by atoms with E-state index in [1.54, 1.807) is 0 Å². The number of nitrogens with one attached hydrogen (secondary N) is 1. The van der Waals surface area contributed by atoms with Crippen molar-refractivity contribution in [1.29, 1.82) is 0 Å². The molecule has 0 unspecified atom stereocenters. The van der Waals surface area contributed by atoms with Crippen molar-refractivity contribution in [3.05, 3.63) is 101 Å². The summed E-state index contributed by atoms with van der Waals surface area (Å²) in [5, 5.41) is 2.62. The molecule has 0 spiro atoms. The van der Waals surface area contributed by atoms with Crippen LogP contribution in [0.25, 0.3) is 0 Å². The minimum Gasteiger partial charge on any atom is -0.352 e. The van der Waals surface area contributed by atoms with Gasteiger partial charge in [-0.3, -0.25) is 13.9 Å². The molecular weight excluding hydrogens is 560 g/mol. The zero-order valence-corrected chi connectivity index (χ0v) is 24.1. The molecule has 0 aliphatic heterocycles. The first-order chi connectivity index (χ1) is 18.9. The van der Waals surface area contributed by atoms with E-state index >= 15 is 0 Å². The smallest absolute Gasteiger partial charge is 0.244 e. The molecule has 0 aliphatic rings. The van der Waals surface area contributed by atoms with Gasteiger partial charge in [0, 0.05) is 19.0 Å². The Labute approximate surface area is 238 Å². The van der Waals surface area contributed by atoms with Gasteiger partial charge in [-0.15, -0.1) is 0 Å². The SMILES string of the molecule is CC[C@@H](C)NC(=O)[C@H](Cc1ccccc1)N(Cc1ccc(F)cc1)C(=O)CN(c1ccc(F)c(Cl)c1)S(C)(=O)=O. The van der Waals surface area contributed by atoms with E-state index < -0.39 is 46.1 Å². The molecule has 3 aromatic rings. The molecule has 0 aromatic heterocycles. The maximum absolute atomic E-state index is 13.9. The second-order valence-corrected chi connectivity index (χ2v) is 11.9. The zero-order valence-electron chi connectivity index (χ0n) is 22.5. The van der Waals surface area contributed by atoms with Gasteiger partial charge in [0.2, 0.25) is 21.8 Å². The Bertz CT molecular complexity index is 1420. The highest BCUT2D eigenvalue weighted by Gasteiger charge is 2.33. The maximum atomic E-state index is 13.9. The monoisotopic (exact) mass is 591 g/mol. The molecule has 214 valence electrons. The molecule has 0 saturated carbocycles. The van der Waals surface area contributed by atoms with Crippen molar-refractivity contribution in [3.8, 4) is 0 Å². The Kier molecular flexibility index (Phi) is 10.6. The van der Waals surface area contributed by atoms with Crippen LogP contribution in [0, 0.1) is 11.6 Å². The zero-order chi connectivity index (χ0) is 29.4. The molecule has 0 saturated heterocycles. The number of rotatable bonds is 12. The molecule has 0 fully saturated rings. The Morgan fingerprint density at radius 1 is 0.975 bits per heavy atom. The summed E-state index contributed by atoms with van der Waals surface area (Å²) < 4.78 is 53.8. The molecule has 2 amide bonds. The van der Waals surface area contributed by atoms with Gasteiger partial charge in [-0.25, -0.2) is 17.2 Å². The van der Waals surface area contributed by atoms with E-state index in [0.29, 0.717) is 12.0 Å². The van der Waals surface area contributed by atoms with E-state index in [2.05, 4.69) is 5.32 Å². The van der Waals surface area contributed by atoms with Crippen molar-refractivity contribution in [2.75, 3.05) is 17.1 Å². The fourth-order valence-corrected chi connectivity index (χ4v) is 5.05. The van der Waals surface area contributed by atoms with E-state index in [4.69, 9.17) is 11.6 Å². The first kappa shape index (κ1) is 31.0. The summed E-state index contributed by atoms with van der Waals surface area (Å²) in [7, 11) is -4.03. The van der Waals surface area contributed by atoms with Gasteiger partial charge in [-0.05, 0) is 54.8 Å². The van der Waals surface area contributed by atoms with Crippen molar-refractivity contribution in [3.63, 3.8) is 0 Å². The van der Waals surface area contributed by atoms with Crippen molar-refractivity contribution < 1.29 is 26.8 Å². The van der Waals surface area contributed by atoms with Gasteiger partial charge in [-0.1, -0.05) is 61.0 Å². The standard InChI is InChI=1S/C29H32ClF2N3O4S/c1-4-20(2)33-29(37)27(16-21-8-6-5-7-9-21)34(18-22-10-12-23(31)13-11-22)28(36)19-35(40(3,38)39)24-14-15-26(32)25(30)17-24/h5-15,17,20,27H,4,16,18-19H2,1-3H3,(H,33,37)/t20-,27+/m1/s1. The predicted molar refractivity (Wildman–Crippen MR) is 152 cm³/mol. The van der Waals surface area contributed by atoms with Gasteiger partial charge in [0.1, 0.15) is 24.2 Å². The summed E-state index contributed by atoms with van der Waals surface area (Å²) in [4.78, 5) is 28.8. The number of hydrogen-bond acceptors (Lipinski definition) is 4. The van der Waals surface area contributed by atoms with Crippen molar-refractivity contribution in [2.24, 2.45) is 0 Å². The molecule has 0 bridgehead atoms. The Balaban J connectivity index is 2.06. The average molecular weight is 592 g/mol. The number of hydrogen-bond donors (Lipinski definition) is 1. The molecule has 3 aromatic carbocycles. The van der Waals surface area contributed by atoms with Crippen LogP contribution in [0.15, 0.2) is 72.8 Å². The highest BCUT2D eigenvalue weighted by molar-refractivity contribution is 7.92. The van der Waals surface area contributed by atoms with Crippen molar-refractivity contribution in [2.45, 2.75) is 45.3 Å². The lowest BCUT2D eigenvalue weighted by atomic mass is 10.0. The summed E-state index contributed by atoms with van der Waals surface area (Å²) in [5.41, 5.74) is 1.32. The molecule has 0 radical (unpaired) electrons. The van der Waals surface area contributed by atoms with Gasteiger partial charge >= 0.3 is 0 Å². The van der Waals surface area contributed by atoms with E-state index in [0.717, 1.165) is 28.3 Å². The number of amides is 2. The van der Waals surface area contributed by atoms with Crippen LogP contribution in [-0.4, -0.2) is 50.0 Å². The summed E-state index contributed by atoms with van der Waals surface area (Å²) in [6.45, 7) is 2.99. The first-order valence-corrected chi connectivity index (χ1v) is 14.9. The Hall–Kier alpha value is -3.50. The van der Waals surface area contributed by atoms with Crippen LogP contribution >= 0.6 is 11.6 Å². The van der Waals surface area contributed by atoms with Crippen molar-refractivity contribution in [1.82, 2.24) is 10.2 Å². The van der Waals surface area contributed by atoms with E-state index in [1.807, 2.05) is 44.2 Å². The molecular formula is C29H32ClF2N3O4S. The second kappa shape index (κ2) is 13.7. The molecule has 2 atom stereocenters. The summed E-state index contributed by atoms with van der Waals surface area (Å²) in [6, 6.07) is 16.7. The third kappa shape index (κ3) is 8.50. The topological polar surface area (TPSA) is 86.8 Å². The number of anilines is 1. The summed E-state index contributed by atoms with van der Waals surface area (Å²) in [5.74, 6) is -2.30. The summed E-state index contributed by atoms with van der Waals surface area (Å²) in [6.07, 6.45) is 1.72. The summed E-state index contributed by atoms with van der Waals surface area (Å²) >= 11 is 5.90. The number of carbonyl (C=O) groups excluding carboxylic acids is 2. The number of halogens is 3. The Morgan fingerprint density at radius 2 is 1.62 bits per heavy atom. The maximum Gasteiger partial charge on any atom is 0.244 e.